The Bertz CT molecular complexity index is 2150. The average Bonchev–Trinajstić information content (AvgIpc) is 3.96. The molecule has 20 heteroatoms. The van der Waals surface area contributed by atoms with Crippen LogP contribution in [0.3, 0.4) is 0 Å². The van der Waals surface area contributed by atoms with E-state index in [0.29, 0.717) is 7.14 Å². The molecule has 0 aliphatic carbocycles. The number of hydrogen-bond acceptors (Lipinski definition) is 0. The normalized spacial score (nSPS) is 19.7. The van der Waals surface area contributed by atoms with Gasteiger partial charge in [0.2, 0.25) is 0 Å². The van der Waals surface area contributed by atoms with Gasteiger partial charge in [-0.2, -0.15) is 61.5 Å². The third kappa shape index (κ3) is 6.91. The van der Waals surface area contributed by atoms with E-state index in [9.17, 15) is 43.9 Å². The van der Waals surface area contributed by atoms with Crippen molar-refractivity contribution in [3.63, 3.8) is 0 Å². The summed E-state index contributed by atoms with van der Waals surface area (Å²) in [6.07, 6.45) is -13.4. The van der Waals surface area contributed by atoms with Crippen LogP contribution < -0.4 is 0 Å². The quantitative estimate of drug-likeness (QED) is 0.0949. The molecule has 0 saturated carbocycles. The van der Waals surface area contributed by atoms with Gasteiger partial charge in [-0.3, -0.25) is 0 Å². The highest BCUT2D eigenvalue weighted by Crippen LogP contribution is 2.56. The molecule has 6 aromatic rings. The number of aromatic nitrogens is 4. The first-order chi connectivity index (χ1) is 26.9. The number of fused-ring (bicyclic) bond motifs is 8. The molecule has 0 unspecified atom stereocenters. The molecule has 308 valence electrons. The van der Waals surface area contributed by atoms with Gasteiger partial charge in [-0.1, -0.05) is 24.3 Å². The lowest BCUT2D eigenvalue weighted by Gasteiger charge is -2.34. The molecule has 1 aliphatic rings. The van der Waals surface area contributed by atoms with Crippen molar-refractivity contribution in [2.75, 3.05) is 0 Å². The van der Waals surface area contributed by atoms with Crippen molar-refractivity contribution in [1.29, 1.82) is 0 Å². The number of benzene rings is 2. The fourth-order valence-electron chi connectivity index (χ4n) is 7.29. The summed E-state index contributed by atoms with van der Waals surface area (Å²) < 4.78 is 208. The molecular formula is C38H24F14I2N4. The zero-order valence-corrected chi connectivity index (χ0v) is 32.9. The third-order valence-corrected chi connectivity index (χ3v) is 11.5. The largest absolute Gasteiger partial charge is 0.459 e. The van der Waals surface area contributed by atoms with E-state index in [0.717, 1.165) is 48.5 Å². The van der Waals surface area contributed by atoms with E-state index < -0.39 is 82.5 Å². The Morgan fingerprint density at radius 2 is 0.552 bits per heavy atom. The van der Waals surface area contributed by atoms with Crippen LogP contribution in [0.2, 0.25) is 0 Å². The van der Waals surface area contributed by atoms with E-state index in [2.05, 4.69) is 19.9 Å². The summed E-state index contributed by atoms with van der Waals surface area (Å²) in [5.74, 6) is -33.6. The molecule has 5 heterocycles. The van der Waals surface area contributed by atoms with Crippen molar-refractivity contribution in [1.82, 2.24) is 19.9 Å². The molecule has 58 heavy (non-hydrogen) atoms. The van der Waals surface area contributed by atoms with Crippen LogP contribution in [0.1, 0.15) is 80.3 Å². The Hall–Kier alpha value is -3.96. The Kier molecular flexibility index (Phi) is 10.4. The molecule has 1 aliphatic heterocycles. The molecule has 0 radical (unpaired) electrons. The number of alkyl halides is 14. The Morgan fingerprint density at radius 1 is 0.328 bits per heavy atom. The molecule has 2 aromatic carbocycles. The van der Waals surface area contributed by atoms with E-state index in [1.165, 1.54) is 24.3 Å². The van der Waals surface area contributed by atoms with Crippen LogP contribution in [0.4, 0.5) is 61.5 Å². The molecular weight excluding hydrogens is 1030 g/mol. The number of nitrogens with one attached hydrogen (secondary N) is 4. The second-order valence-corrected chi connectivity index (χ2v) is 16.2. The van der Waals surface area contributed by atoms with Crippen molar-refractivity contribution in [3.05, 3.63) is 161 Å². The van der Waals surface area contributed by atoms with E-state index in [1.807, 2.05) is 45.2 Å². The predicted molar refractivity (Wildman–Crippen MR) is 199 cm³/mol. The van der Waals surface area contributed by atoms with E-state index in [1.54, 1.807) is 24.3 Å². The summed E-state index contributed by atoms with van der Waals surface area (Å²) in [6, 6.07) is 19.8. The lowest BCUT2D eigenvalue weighted by molar-refractivity contribution is -0.357. The summed E-state index contributed by atoms with van der Waals surface area (Å²) in [5.41, 5.74) is -3.60. The fourth-order valence-corrected chi connectivity index (χ4v) is 8.01. The topological polar surface area (TPSA) is 63.2 Å². The zero-order valence-electron chi connectivity index (χ0n) is 28.6. The number of halogens is 16. The van der Waals surface area contributed by atoms with Crippen LogP contribution in [0.5, 0.6) is 0 Å². The summed E-state index contributed by atoms with van der Waals surface area (Å²) in [7, 11) is 0. The van der Waals surface area contributed by atoms with Gasteiger partial charge < -0.3 is 19.9 Å². The average molecular weight is 1060 g/mol. The summed E-state index contributed by atoms with van der Waals surface area (Å²) in [5, 5.41) is 0. The minimum absolute atomic E-state index is 0.178. The van der Waals surface area contributed by atoms with Gasteiger partial charge in [0.05, 0.1) is 11.8 Å². The summed E-state index contributed by atoms with van der Waals surface area (Å²) in [6.45, 7) is 0. The summed E-state index contributed by atoms with van der Waals surface area (Å²) in [4.78, 5) is 10.1. The highest BCUT2D eigenvalue weighted by molar-refractivity contribution is 14.1. The highest BCUT2D eigenvalue weighted by Gasteiger charge is 2.77. The van der Waals surface area contributed by atoms with Crippen molar-refractivity contribution in [3.8, 4) is 0 Å². The van der Waals surface area contributed by atoms with E-state index >= 15 is 17.6 Å². The van der Waals surface area contributed by atoms with Gasteiger partial charge in [-0.25, -0.2) is 0 Å². The molecule has 0 saturated heterocycles. The minimum Gasteiger partial charge on any atom is -0.361 e. The molecule has 7 rings (SSSR count). The third-order valence-electron chi connectivity index (χ3n) is 10.1. The second kappa shape index (κ2) is 14.4. The SMILES string of the molecule is FC(F)(F)C(F)(F)C(F)(F)C1c2ccc([nH]2)C(c2ccc(I)cc2)c2ccc([nH]2)C(C(F)(F)C(F)(F)C(F)(F)F)c2ccc([nH]2)C(c2ccc(I)cc2)c2ccc1[nH]2. The molecule has 0 spiro atoms. The van der Waals surface area contributed by atoms with Crippen molar-refractivity contribution in [2.24, 2.45) is 0 Å². The van der Waals surface area contributed by atoms with Gasteiger partial charge in [-0.15, -0.1) is 0 Å². The Labute approximate surface area is 345 Å². The van der Waals surface area contributed by atoms with Crippen LogP contribution in [0.25, 0.3) is 0 Å². The van der Waals surface area contributed by atoms with Crippen molar-refractivity contribution >= 4 is 45.2 Å². The standard InChI is InChI=1S/C38H24F14I2N4/c39-33(40,35(43,44)37(47,48)49)31-25-13-9-21(55-25)29(17-1-5-19(53)6-2-17)22-10-14-26(56-22)32(34(41,42)36(45,46)38(50,51)52)28-16-12-24(58-28)30(23-11-15-27(31)57-23)18-3-7-20(54)8-4-18/h1-16,29-32,55-58H. The van der Waals surface area contributed by atoms with Gasteiger partial charge in [0.15, 0.2) is 0 Å². The minimum atomic E-state index is -6.72. The molecule has 4 N–H and O–H groups in total. The predicted octanol–water partition coefficient (Wildman–Crippen LogP) is 12.8. The van der Waals surface area contributed by atoms with E-state index in [-0.39, 0.29) is 33.9 Å². The monoisotopic (exact) mass is 1060 g/mol. The number of aromatic amines is 4. The van der Waals surface area contributed by atoms with Gasteiger partial charge >= 0.3 is 36.0 Å². The van der Waals surface area contributed by atoms with Gasteiger partial charge in [0.25, 0.3) is 0 Å². The maximum absolute atomic E-state index is 16.1. The lowest BCUT2D eigenvalue weighted by Crippen LogP contribution is -2.55. The van der Waals surface area contributed by atoms with E-state index in [4.69, 9.17) is 0 Å². The van der Waals surface area contributed by atoms with Crippen LogP contribution in [-0.4, -0.2) is 56.0 Å². The molecule has 4 aromatic heterocycles. The second-order valence-electron chi connectivity index (χ2n) is 13.7. The van der Waals surface area contributed by atoms with Crippen molar-refractivity contribution in [2.45, 2.75) is 59.7 Å². The first-order valence-corrected chi connectivity index (χ1v) is 18.9. The molecule has 4 nitrogen and oxygen atoms in total. The molecule has 0 atom stereocenters. The van der Waals surface area contributed by atoms with Crippen LogP contribution in [-0.2, 0) is 0 Å². The molecule has 8 bridgehead atoms. The van der Waals surface area contributed by atoms with Crippen molar-refractivity contribution < 1.29 is 61.5 Å². The smallest absolute Gasteiger partial charge is 0.361 e. The first kappa shape index (κ1) is 42.2. The summed E-state index contributed by atoms with van der Waals surface area (Å²) >= 11 is 3.86. The first-order valence-electron chi connectivity index (χ1n) is 16.8. The van der Waals surface area contributed by atoms with Crippen LogP contribution in [0, 0.1) is 7.14 Å². The van der Waals surface area contributed by atoms with Gasteiger partial charge in [-0.05, 0) is 129 Å². The zero-order chi connectivity index (χ0) is 42.4. The fraction of sp³-hybridized carbons (Fsp3) is 0.263. The Morgan fingerprint density at radius 3 is 0.776 bits per heavy atom. The Balaban J connectivity index is 1.54. The van der Waals surface area contributed by atoms with Crippen LogP contribution in [0.15, 0.2) is 97.1 Å². The highest BCUT2D eigenvalue weighted by atomic mass is 127. The van der Waals surface area contributed by atoms with Gasteiger partial charge in [0, 0.05) is 52.7 Å². The lowest BCUT2D eigenvalue weighted by atomic mass is 9.89. The number of H-pyrrole nitrogens is 4. The van der Waals surface area contributed by atoms with Gasteiger partial charge in [0.1, 0.15) is 11.8 Å². The molecule has 0 amide bonds. The van der Waals surface area contributed by atoms with Crippen LogP contribution >= 0.6 is 45.2 Å². The number of hydrogen-bond donors (Lipinski definition) is 4. The molecule has 0 fully saturated rings. The maximum Gasteiger partial charge on any atom is 0.459 e. The maximum atomic E-state index is 16.1. The number of rotatable bonds is 6.